The Morgan fingerprint density at radius 1 is 0.678 bits per heavy atom. The number of ether oxygens (including phenoxy) is 11. The van der Waals surface area contributed by atoms with Gasteiger partial charge < -0.3 is 78.5 Å². The average molecular weight is 1330 g/mol. The minimum atomic E-state index is -4.55. The molecule has 1 aromatic carbocycles. The minimum Gasteiger partial charge on any atom is -0.420 e. The Bertz CT molecular complexity index is 2560. The van der Waals surface area contributed by atoms with Gasteiger partial charge in [-0.25, -0.2) is 13.8 Å². The number of amides is 3. The number of esters is 1. The molecule has 1 aromatic heterocycles. The van der Waals surface area contributed by atoms with Crippen molar-refractivity contribution >= 4 is 62.7 Å². The lowest BCUT2D eigenvalue weighted by atomic mass is 9.92. The molecular weight excluding hydrogens is 1240 g/mol. The predicted molar refractivity (Wildman–Crippen MR) is 326 cm³/mol. The molecule has 1 aliphatic heterocycles. The third-order valence-electron chi connectivity index (χ3n) is 12.5. The van der Waals surface area contributed by atoms with E-state index in [-0.39, 0.29) is 82.4 Å². The van der Waals surface area contributed by atoms with Crippen LogP contribution in [0.1, 0.15) is 95.2 Å². The Morgan fingerprint density at radius 2 is 1.17 bits per heavy atom. The topological polar surface area (TPSA) is 322 Å². The van der Waals surface area contributed by atoms with E-state index in [1.807, 2.05) is 39.8 Å². The monoisotopic (exact) mass is 1330 g/mol. The highest BCUT2D eigenvalue weighted by Gasteiger charge is 2.28. The van der Waals surface area contributed by atoms with Crippen LogP contribution in [0.15, 0.2) is 22.7 Å². The summed E-state index contributed by atoms with van der Waals surface area (Å²) in [6.45, 7) is 15.3. The number of hydrogen-bond acceptors (Lipinski definition) is 22. The second kappa shape index (κ2) is 46.3. The van der Waals surface area contributed by atoms with E-state index in [2.05, 4.69) is 25.7 Å². The van der Waals surface area contributed by atoms with Gasteiger partial charge in [0.25, 0.3) is 10.1 Å². The molecule has 3 rings (SSSR count). The zero-order valence-corrected chi connectivity index (χ0v) is 53.9. The smallest absolute Gasteiger partial charge is 0.313 e. The van der Waals surface area contributed by atoms with Gasteiger partial charge in [-0.1, -0.05) is 34.1 Å². The van der Waals surface area contributed by atoms with Crippen molar-refractivity contribution in [1.29, 1.82) is 0 Å². The van der Waals surface area contributed by atoms with Crippen molar-refractivity contribution in [2.75, 3.05) is 164 Å². The maximum Gasteiger partial charge on any atom is 0.313 e. The standard InChI is InChI=1S/C59H94F4N6O19S2/c1-5-15-69(16-9-14-65-52(71)41-59(2,3)4)58(74)43-37-49-47(67-50(64)38-43)39-44(89-49)10-7-6-8-13-66-57(73)48(42-90(75,76)77)68-51(70)11-17-78-19-21-80-23-25-82-27-29-84-31-33-86-35-36-87-34-32-85-30-28-83-26-24-81-22-20-79-18-12-53(72)88-56-54(62)45(60)40-46(61)55(56)63/h37,39-40,48,57,66,73H,5-36,38,41-42H2,1-4H3,(H2,64,67)(H,65,71)(H,68,70)(H,75,76,77)/t48-,57?/m0/s1. The largest absolute Gasteiger partial charge is 0.420 e. The van der Waals surface area contributed by atoms with E-state index in [4.69, 9.17) is 53.1 Å². The molecule has 31 heteroatoms. The average Bonchev–Trinajstić information content (AvgIpc) is 2.01. The number of aliphatic imine (C=N–C) groups is 1. The number of aryl methyl sites for hydroxylation is 1. The van der Waals surface area contributed by atoms with Gasteiger partial charge in [0.1, 0.15) is 12.1 Å². The number of amidine groups is 1. The highest BCUT2D eigenvalue weighted by Crippen LogP contribution is 2.36. The fraction of sp³-hybridized carbons (Fsp3) is 0.712. The van der Waals surface area contributed by atoms with Crippen molar-refractivity contribution in [3.05, 3.63) is 50.7 Å². The van der Waals surface area contributed by atoms with Crippen molar-refractivity contribution < 1.29 is 107 Å². The molecular formula is C59H94F4N6O19S2. The van der Waals surface area contributed by atoms with Gasteiger partial charge in [0.15, 0.2) is 11.6 Å². The Labute approximate surface area is 529 Å². The van der Waals surface area contributed by atoms with Gasteiger partial charge in [0.2, 0.25) is 35.1 Å². The summed E-state index contributed by atoms with van der Waals surface area (Å²) in [6.07, 6.45) is 4.83. The van der Waals surface area contributed by atoms with Gasteiger partial charge in [-0.15, -0.1) is 11.3 Å². The number of nitrogens with two attached hydrogens (primary N) is 1. The SMILES string of the molecule is CCCN(CCCNC(=O)CC(C)(C)C)C(=O)C1=Cc2sc(CCCCCNC(O)[C@H](CS(=O)(=O)O)NC(=O)CCOCCOCCOCCOCCOCCOCCOCCOCCOCCOCCC(=O)Oc3c(F)c(F)cc(F)c3F)cc2N=C(N)C1. The number of thiophene rings is 1. The van der Waals surface area contributed by atoms with Crippen molar-refractivity contribution in [3.8, 4) is 5.75 Å². The Hall–Kier alpha value is -4.84. The summed E-state index contributed by atoms with van der Waals surface area (Å²) >= 11 is 1.55. The lowest BCUT2D eigenvalue weighted by molar-refractivity contribution is -0.136. The summed E-state index contributed by atoms with van der Waals surface area (Å²) in [5.41, 5.74) is 7.46. The van der Waals surface area contributed by atoms with E-state index in [1.165, 1.54) is 0 Å². The first kappa shape index (κ1) is 79.4. The molecule has 7 N–H and O–H groups in total. The summed E-state index contributed by atoms with van der Waals surface area (Å²) in [5.74, 6) is -10.8. The second-order valence-corrected chi connectivity index (χ2v) is 24.3. The second-order valence-electron chi connectivity index (χ2n) is 21.7. The number of fused-ring (bicyclic) bond motifs is 1. The van der Waals surface area contributed by atoms with Gasteiger partial charge >= 0.3 is 5.97 Å². The molecule has 2 atom stereocenters. The molecule has 3 amide bonds. The molecule has 2 aromatic rings. The first-order chi connectivity index (χ1) is 43.1. The molecule has 0 bridgehead atoms. The highest BCUT2D eigenvalue weighted by molar-refractivity contribution is 7.85. The Kier molecular flexibility index (Phi) is 40.8. The van der Waals surface area contributed by atoms with Crippen molar-refractivity contribution in [2.45, 2.75) is 104 Å². The molecule has 1 unspecified atom stereocenters. The Balaban J connectivity index is 1.10. The number of aliphatic hydroxyl groups excluding tert-OH is 1. The summed E-state index contributed by atoms with van der Waals surface area (Å²) in [7, 11) is -4.55. The highest BCUT2D eigenvalue weighted by atomic mass is 32.2. The van der Waals surface area contributed by atoms with E-state index < -0.39 is 75.5 Å². The van der Waals surface area contributed by atoms with Gasteiger partial charge in [0.05, 0.1) is 161 Å². The van der Waals surface area contributed by atoms with Crippen LogP contribution in [0.25, 0.3) is 6.08 Å². The fourth-order valence-electron chi connectivity index (χ4n) is 8.24. The van der Waals surface area contributed by atoms with Crippen LogP contribution in [0.5, 0.6) is 5.75 Å². The molecule has 0 fully saturated rings. The zero-order valence-electron chi connectivity index (χ0n) is 52.3. The van der Waals surface area contributed by atoms with Crippen LogP contribution in [0.4, 0.5) is 23.2 Å². The number of nitrogens with one attached hydrogen (secondary N) is 3. The van der Waals surface area contributed by atoms with E-state index in [1.54, 1.807) is 16.2 Å². The van der Waals surface area contributed by atoms with E-state index in [0.29, 0.717) is 148 Å². The molecule has 0 saturated carbocycles. The first-order valence-corrected chi connectivity index (χ1v) is 32.7. The molecule has 0 saturated heterocycles. The third-order valence-corrected chi connectivity index (χ3v) is 14.4. The molecule has 0 aliphatic carbocycles. The molecule has 0 spiro atoms. The van der Waals surface area contributed by atoms with Crippen LogP contribution in [0.2, 0.25) is 0 Å². The number of aliphatic hydroxyl groups is 1. The quantitative estimate of drug-likeness (QED) is 0.00985. The van der Waals surface area contributed by atoms with Gasteiger partial charge in [-0.05, 0) is 56.2 Å². The van der Waals surface area contributed by atoms with Crippen molar-refractivity contribution in [1.82, 2.24) is 20.9 Å². The van der Waals surface area contributed by atoms with Crippen LogP contribution in [-0.4, -0.2) is 229 Å². The molecule has 1 aliphatic rings. The number of nitrogens with zero attached hydrogens (tertiary/aromatic N) is 2. The summed E-state index contributed by atoms with van der Waals surface area (Å²) in [4.78, 5) is 58.8. The minimum absolute atomic E-state index is 0.00313. The Morgan fingerprint density at radius 3 is 1.64 bits per heavy atom. The van der Waals surface area contributed by atoms with Crippen LogP contribution in [-0.2, 0) is 83.1 Å². The van der Waals surface area contributed by atoms with Crippen molar-refractivity contribution in [2.24, 2.45) is 16.1 Å². The number of carbonyl (C=O) groups is 4. The lowest BCUT2D eigenvalue weighted by Crippen LogP contribution is -2.53. The number of hydrogen-bond donors (Lipinski definition) is 6. The van der Waals surface area contributed by atoms with Crippen molar-refractivity contribution in [3.63, 3.8) is 0 Å². The summed E-state index contributed by atoms with van der Waals surface area (Å²) in [5, 5.41) is 19.0. The lowest BCUT2D eigenvalue weighted by Gasteiger charge is -2.24. The van der Waals surface area contributed by atoms with E-state index >= 15 is 0 Å². The maximum atomic E-state index is 13.8. The number of benzene rings is 1. The molecule has 90 heavy (non-hydrogen) atoms. The number of carbonyl (C=O) groups excluding carboxylic acids is 4. The molecule has 514 valence electrons. The number of halogens is 4. The maximum absolute atomic E-state index is 13.8. The molecule has 25 nitrogen and oxygen atoms in total. The van der Waals surface area contributed by atoms with Crippen LogP contribution < -0.4 is 26.4 Å². The normalized spacial score (nSPS) is 13.3. The van der Waals surface area contributed by atoms with E-state index in [9.17, 15) is 54.8 Å². The zero-order chi connectivity index (χ0) is 66.0. The van der Waals surface area contributed by atoms with E-state index in [0.717, 1.165) is 35.4 Å². The predicted octanol–water partition coefficient (Wildman–Crippen LogP) is 4.81. The molecule has 0 radical (unpaired) electrons. The van der Waals surface area contributed by atoms with Crippen LogP contribution >= 0.6 is 11.3 Å². The van der Waals surface area contributed by atoms with Gasteiger partial charge in [-0.2, -0.15) is 17.2 Å². The van der Waals surface area contributed by atoms with Gasteiger partial charge in [-0.3, -0.25) is 29.0 Å². The van der Waals surface area contributed by atoms with Crippen LogP contribution in [0, 0.1) is 28.7 Å². The van der Waals surface area contributed by atoms with Gasteiger partial charge in [0, 0.05) is 55.4 Å². The number of rotatable bonds is 53. The molecule has 2 heterocycles. The fourth-order valence-corrected chi connectivity index (χ4v) is 10.1. The summed E-state index contributed by atoms with van der Waals surface area (Å²) in [6, 6.07) is 0.664. The summed E-state index contributed by atoms with van der Waals surface area (Å²) < 4.78 is 145. The van der Waals surface area contributed by atoms with Crippen LogP contribution in [0.3, 0.4) is 0 Å². The first-order valence-electron chi connectivity index (χ1n) is 30.3. The third kappa shape index (κ3) is 37.0. The number of unbranched alkanes of at least 4 members (excludes halogenated alkanes) is 2.